The maximum atomic E-state index is 11.9. The molecule has 2 fully saturated rings. The van der Waals surface area contributed by atoms with E-state index in [1.54, 1.807) is 0 Å². The number of hydrogen-bond donors (Lipinski definition) is 2. The summed E-state index contributed by atoms with van der Waals surface area (Å²) in [7, 11) is 2.12. The second kappa shape index (κ2) is 5.80. The molecule has 0 spiro atoms. The SMILES string of the molecule is CN1CCC(CNC(=O)[C@@H]2CC[C@H](CN)O2)C1. The van der Waals surface area contributed by atoms with Gasteiger partial charge in [0, 0.05) is 19.6 Å². The average molecular weight is 241 g/mol. The minimum absolute atomic E-state index is 0.0375. The topological polar surface area (TPSA) is 67.6 Å². The molecule has 1 amide bonds. The standard InChI is InChI=1S/C12H23N3O2/c1-15-5-4-9(8-15)7-14-12(16)11-3-2-10(6-13)17-11/h9-11H,2-8,13H2,1H3,(H,14,16)/t9?,10-,11+/m1/s1. The van der Waals surface area contributed by atoms with Crippen LogP contribution in [0.5, 0.6) is 0 Å². The summed E-state index contributed by atoms with van der Waals surface area (Å²) in [5, 5.41) is 3.00. The lowest BCUT2D eigenvalue weighted by molar-refractivity contribution is -0.132. The van der Waals surface area contributed by atoms with Gasteiger partial charge >= 0.3 is 0 Å². The van der Waals surface area contributed by atoms with E-state index in [9.17, 15) is 4.79 Å². The lowest BCUT2D eigenvalue weighted by atomic mass is 10.1. The van der Waals surface area contributed by atoms with Gasteiger partial charge < -0.3 is 20.7 Å². The van der Waals surface area contributed by atoms with Crippen LogP contribution in [0.2, 0.25) is 0 Å². The normalized spacial score (nSPS) is 34.1. The highest BCUT2D eigenvalue weighted by molar-refractivity contribution is 5.81. The van der Waals surface area contributed by atoms with Crippen LogP contribution in [-0.4, -0.2) is 56.2 Å². The minimum atomic E-state index is -0.275. The van der Waals surface area contributed by atoms with Crippen LogP contribution in [0.15, 0.2) is 0 Å². The van der Waals surface area contributed by atoms with Crippen LogP contribution in [0, 0.1) is 5.92 Å². The van der Waals surface area contributed by atoms with Crippen molar-refractivity contribution in [1.82, 2.24) is 10.2 Å². The highest BCUT2D eigenvalue weighted by Crippen LogP contribution is 2.19. The van der Waals surface area contributed by atoms with Crippen molar-refractivity contribution in [3.05, 3.63) is 0 Å². The van der Waals surface area contributed by atoms with Crippen molar-refractivity contribution in [3.63, 3.8) is 0 Å². The van der Waals surface area contributed by atoms with Gasteiger partial charge in [-0.1, -0.05) is 0 Å². The number of hydrogen-bond acceptors (Lipinski definition) is 4. The molecule has 17 heavy (non-hydrogen) atoms. The van der Waals surface area contributed by atoms with E-state index in [1.165, 1.54) is 6.42 Å². The first-order valence-corrected chi connectivity index (χ1v) is 6.51. The van der Waals surface area contributed by atoms with Gasteiger partial charge in [-0.2, -0.15) is 0 Å². The lowest BCUT2D eigenvalue weighted by Gasteiger charge is -2.15. The number of amides is 1. The third-order valence-corrected chi connectivity index (χ3v) is 3.72. The van der Waals surface area contributed by atoms with E-state index in [0.717, 1.165) is 32.5 Å². The Hall–Kier alpha value is -0.650. The molecule has 3 atom stereocenters. The Bertz CT molecular complexity index is 272. The van der Waals surface area contributed by atoms with Gasteiger partial charge in [-0.25, -0.2) is 0 Å². The molecule has 0 radical (unpaired) electrons. The number of nitrogens with one attached hydrogen (secondary N) is 1. The molecule has 0 aromatic rings. The Morgan fingerprint density at radius 2 is 2.29 bits per heavy atom. The Kier molecular flexibility index (Phi) is 4.36. The van der Waals surface area contributed by atoms with Crippen LogP contribution < -0.4 is 11.1 Å². The van der Waals surface area contributed by atoms with E-state index in [1.807, 2.05) is 0 Å². The van der Waals surface area contributed by atoms with Crippen molar-refractivity contribution in [2.45, 2.75) is 31.5 Å². The smallest absolute Gasteiger partial charge is 0.249 e. The molecule has 5 heteroatoms. The van der Waals surface area contributed by atoms with Gasteiger partial charge in [-0.05, 0) is 38.8 Å². The van der Waals surface area contributed by atoms with Crippen LogP contribution in [0.1, 0.15) is 19.3 Å². The number of likely N-dealkylation sites (tertiary alicyclic amines) is 1. The Labute approximate surface area is 103 Å². The highest BCUT2D eigenvalue weighted by atomic mass is 16.5. The zero-order valence-electron chi connectivity index (χ0n) is 10.5. The summed E-state index contributed by atoms with van der Waals surface area (Å²) in [6, 6.07) is 0. The quantitative estimate of drug-likeness (QED) is 0.700. The largest absolute Gasteiger partial charge is 0.364 e. The number of rotatable bonds is 4. The summed E-state index contributed by atoms with van der Waals surface area (Å²) in [5.74, 6) is 0.631. The fraction of sp³-hybridized carbons (Fsp3) is 0.917. The minimum Gasteiger partial charge on any atom is -0.364 e. The van der Waals surface area contributed by atoms with Crippen LogP contribution in [0.4, 0.5) is 0 Å². The zero-order chi connectivity index (χ0) is 12.3. The molecule has 0 aliphatic carbocycles. The third-order valence-electron chi connectivity index (χ3n) is 3.72. The van der Waals surface area contributed by atoms with E-state index >= 15 is 0 Å². The third kappa shape index (κ3) is 3.40. The van der Waals surface area contributed by atoms with Gasteiger partial charge in [0.15, 0.2) is 0 Å². The summed E-state index contributed by atoms with van der Waals surface area (Å²) in [5.41, 5.74) is 5.52. The molecule has 2 aliphatic heterocycles. The fourth-order valence-electron chi connectivity index (χ4n) is 2.62. The Balaban J connectivity index is 1.67. The van der Waals surface area contributed by atoms with Gasteiger partial charge in [-0.3, -0.25) is 4.79 Å². The van der Waals surface area contributed by atoms with Crippen LogP contribution in [-0.2, 0) is 9.53 Å². The number of ether oxygens (including phenoxy) is 1. The van der Waals surface area contributed by atoms with Crippen LogP contribution in [0.3, 0.4) is 0 Å². The second-order valence-corrected chi connectivity index (χ2v) is 5.22. The van der Waals surface area contributed by atoms with Gasteiger partial charge in [-0.15, -0.1) is 0 Å². The van der Waals surface area contributed by atoms with Gasteiger partial charge in [0.2, 0.25) is 5.91 Å². The first-order chi connectivity index (χ1) is 8.19. The monoisotopic (exact) mass is 241 g/mol. The molecule has 2 heterocycles. The molecule has 2 saturated heterocycles. The first-order valence-electron chi connectivity index (χ1n) is 6.51. The van der Waals surface area contributed by atoms with Gasteiger partial charge in [0.1, 0.15) is 6.10 Å². The lowest BCUT2D eigenvalue weighted by Crippen LogP contribution is -2.38. The molecule has 98 valence electrons. The number of nitrogens with two attached hydrogens (primary N) is 1. The number of carbonyl (C=O) groups excluding carboxylic acids is 1. The van der Waals surface area contributed by atoms with Crippen molar-refractivity contribution in [1.29, 1.82) is 0 Å². The molecular formula is C12H23N3O2. The van der Waals surface area contributed by atoms with Gasteiger partial charge in [0.25, 0.3) is 0 Å². The Morgan fingerprint density at radius 1 is 1.47 bits per heavy atom. The van der Waals surface area contributed by atoms with Crippen molar-refractivity contribution < 1.29 is 9.53 Å². The molecular weight excluding hydrogens is 218 g/mol. The molecule has 0 saturated carbocycles. The number of carbonyl (C=O) groups is 1. The maximum absolute atomic E-state index is 11.9. The molecule has 2 aliphatic rings. The molecule has 1 unspecified atom stereocenters. The fourth-order valence-corrected chi connectivity index (χ4v) is 2.62. The molecule has 0 aromatic heterocycles. The van der Waals surface area contributed by atoms with E-state index < -0.39 is 0 Å². The predicted molar refractivity (Wildman–Crippen MR) is 65.6 cm³/mol. The summed E-state index contributed by atoms with van der Waals surface area (Å²) in [4.78, 5) is 14.2. The van der Waals surface area contributed by atoms with E-state index in [0.29, 0.717) is 12.5 Å². The molecule has 5 nitrogen and oxygen atoms in total. The average Bonchev–Trinajstić information content (AvgIpc) is 2.94. The summed E-state index contributed by atoms with van der Waals surface area (Å²) < 4.78 is 5.56. The second-order valence-electron chi connectivity index (χ2n) is 5.22. The zero-order valence-corrected chi connectivity index (χ0v) is 10.5. The van der Waals surface area contributed by atoms with Crippen molar-refractivity contribution in [2.24, 2.45) is 11.7 Å². The molecule has 2 rings (SSSR count). The molecule has 0 bridgehead atoms. The first kappa shape index (κ1) is 12.8. The summed E-state index contributed by atoms with van der Waals surface area (Å²) in [6.07, 6.45) is 2.68. The van der Waals surface area contributed by atoms with E-state index in [2.05, 4.69) is 17.3 Å². The Morgan fingerprint density at radius 3 is 2.88 bits per heavy atom. The van der Waals surface area contributed by atoms with Crippen molar-refractivity contribution in [3.8, 4) is 0 Å². The van der Waals surface area contributed by atoms with Crippen molar-refractivity contribution in [2.75, 3.05) is 33.2 Å². The van der Waals surface area contributed by atoms with Crippen LogP contribution >= 0.6 is 0 Å². The van der Waals surface area contributed by atoms with Crippen LogP contribution in [0.25, 0.3) is 0 Å². The summed E-state index contributed by atoms with van der Waals surface area (Å²) in [6.45, 7) is 3.50. The summed E-state index contributed by atoms with van der Waals surface area (Å²) >= 11 is 0. The van der Waals surface area contributed by atoms with E-state index in [-0.39, 0.29) is 18.1 Å². The van der Waals surface area contributed by atoms with Gasteiger partial charge in [0.05, 0.1) is 6.10 Å². The molecule has 0 aromatic carbocycles. The van der Waals surface area contributed by atoms with E-state index in [4.69, 9.17) is 10.5 Å². The number of nitrogens with zero attached hydrogens (tertiary/aromatic N) is 1. The maximum Gasteiger partial charge on any atom is 0.249 e. The molecule has 3 N–H and O–H groups in total. The highest BCUT2D eigenvalue weighted by Gasteiger charge is 2.30. The van der Waals surface area contributed by atoms with Crippen molar-refractivity contribution >= 4 is 5.91 Å². The predicted octanol–water partition coefficient (Wildman–Crippen LogP) is -0.439.